The van der Waals surface area contributed by atoms with Crippen LogP contribution in [0.25, 0.3) is 11.1 Å². The molecular weight excluding hydrogens is 446 g/mol. The van der Waals surface area contributed by atoms with Crippen LogP contribution >= 0.6 is 0 Å². The van der Waals surface area contributed by atoms with Gasteiger partial charge < -0.3 is 20.5 Å². The third-order valence-corrected chi connectivity index (χ3v) is 6.59. The first-order chi connectivity index (χ1) is 16.9. The van der Waals surface area contributed by atoms with E-state index in [9.17, 15) is 14.4 Å². The summed E-state index contributed by atoms with van der Waals surface area (Å²) < 4.78 is 5.61. The van der Waals surface area contributed by atoms with Gasteiger partial charge in [-0.05, 0) is 47.2 Å². The summed E-state index contributed by atoms with van der Waals surface area (Å²) >= 11 is 0. The molecule has 8 heteroatoms. The second kappa shape index (κ2) is 9.21. The van der Waals surface area contributed by atoms with Gasteiger partial charge in [0.15, 0.2) is 0 Å². The highest BCUT2D eigenvalue weighted by atomic mass is 16.5. The van der Waals surface area contributed by atoms with Crippen molar-refractivity contribution in [2.75, 3.05) is 6.61 Å². The maximum absolute atomic E-state index is 12.6. The maximum atomic E-state index is 12.6. The highest BCUT2D eigenvalue weighted by Gasteiger charge is 2.46. The summed E-state index contributed by atoms with van der Waals surface area (Å²) in [5.41, 5.74) is 4.56. The number of alkyl carbamates (subject to hydrolysis) is 1. The summed E-state index contributed by atoms with van der Waals surface area (Å²) in [7, 11) is 0. The molecule has 2 aliphatic carbocycles. The Kier molecular flexibility index (Phi) is 5.94. The molecule has 5 rings (SSSR count). The molecule has 0 radical (unpaired) electrons. The molecule has 3 N–H and O–H groups in total. The first-order valence-electron chi connectivity index (χ1n) is 11.5. The molecule has 0 unspecified atom stereocenters. The molecule has 1 aromatic heterocycles. The molecular formula is C27H25N3O5. The summed E-state index contributed by atoms with van der Waals surface area (Å²) in [4.78, 5) is 40.2. The topological polar surface area (TPSA) is 118 Å². The Labute approximate surface area is 202 Å². The first-order valence-corrected chi connectivity index (χ1v) is 11.5. The van der Waals surface area contributed by atoms with Crippen LogP contribution < -0.4 is 10.6 Å². The number of carbonyl (C=O) groups excluding carboxylic acids is 2. The zero-order chi connectivity index (χ0) is 24.4. The average Bonchev–Trinajstić information content (AvgIpc) is 3.53. The van der Waals surface area contributed by atoms with E-state index in [0.717, 1.165) is 22.3 Å². The minimum absolute atomic E-state index is 0.0272. The molecule has 0 spiro atoms. The fraction of sp³-hybridized carbons (Fsp3) is 0.259. The highest BCUT2D eigenvalue weighted by Crippen LogP contribution is 2.44. The number of pyridine rings is 1. The van der Waals surface area contributed by atoms with Crippen molar-refractivity contribution < 1.29 is 24.2 Å². The van der Waals surface area contributed by atoms with E-state index in [1.165, 1.54) is 18.3 Å². The third-order valence-electron chi connectivity index (χ3n) is 6.59. The Morgan fingerprint density at radius 2 is 1.66 bits per heavy atom. The van der Waals surface area contributed by atoms with E-state index in [2.05, 4.69) is 39.9 Å². The number of aromatic carboxylic acids is 1. The van der Waals surface area contributed by atoms with Gasteiger partial charge in [0.05, 0.1) is 23.3 Å². The van der Waals surface area contributed by atoms with E-state index >= 15 is 0 Å². The molecule has 1 saturated carbocycles. The fourth-order valence-electron chi connectivity index (χ4n) is 4.61. The molecule has 8 nitrogen and oxygen atoms in total. The van der Waals surface area contributed by atoms with Crippen LogP contribution in [0.3, 0.4) is 0 Å². The van der Waals surface area contributed by atoms with Gasteiger partial charge in [-0.2, -0.15) is 0 Å². The van der Waals surface area contributed by atoms with E-state index in [1.807, 2.05) is 24.3 Å². The predicted molar refractivity (Wildman–Crippen MR) is 128 cm³/mol. The number of fused-ring (bicyclic) bond motifs is 3. The minimum Gasteiger partial charge on any atom is -0.478 e. The SMILES string of the molecule is O=C(CC1(NC(=O)OCC2c3ccccc3-c3ccccc32)CC1)NCc1cc(C(=O)O)ccn1. The molecule has 0 saturated heterocycles. The lowest BCUT2D eigenvalue weighted by Crippen LogP contribution is -2.41. The minimum atomic E-state index is -1.05. The summed E-state index contributed by atoms with van der Waals surface area (Å²) in [5, 5.41) is 14.7. The Hall–Kier alpha value is -4.20. The molecule has 2 aromatic carbocycles. The Bertz CT molecular complexity index is 1260. The lowest BCUT2D eigenvalue weighted by molar-refractivity contribution is -0.121. The molecule has 178 valence electrons. The van der Waals surface area contributed by atoms with E-state index in [0.29, 0.717) is 18.5 Å². The van der Waals surface area contributed by atoms with E-state index in [1.54, 1.807) is 0 Å². The van der Waals surface area contributed by atoms with Crippen molar-refractivity contribution in [2.24, 2.45) is 0 Å². The van der Waals surface area contributed by atoms with E-state index in [-0.39, 0.29) is 37.0 Å². The number of hydrogen-bond acceptors (Lipinski definition) is 5. The normalized spacial score (nSPS) is 15.0. The van der Waals surface area contributed by atoms with Gasteiger partial charge in [-0.1, -0.05) is 48.5 Å². The van der Waals surface area contributed by atoms with Gasteiger partial charge in [-0.25, -0.2) is 9.59 Å². The largest absolute Gasteiger partial charge is 0.478 e. The van der Waals surface area contributed by atoms with Gasteiger partial charge in [-0.15, -0.1) is 0 Å². The molecule has 0 atom stereocenters. The van der Waals surface area contributed by atoms with Crippen LogP contribution in [0.4, 0.5) is 4.79 Å². The smallest absolute Gasteiger partial charge is 0.407 e. The molecule has 0 aliphatic heterocycles. The van der Waals surface area contributed by atoms with Crippen LogP contribution in [0.2, 0.25) is 0 Å². The van der Waals surface area contributed by atoms with Crippen molar-refractivity contribution in [1.82, 2.24) is 15.6 Å². The molecule has 2 amide bonds. The number of nitrogens with zero attached hydrogens (tertiary/aromatic N) is 1. The quantitative estimate of drug-likeness (QED) is 0.459. The van der Waals surface area contributed by atoms with Gasteiger partial charge in [0.25, 0.3) is 0 Å². The van der Waals surface area contributed by atoms with Gasteiger partial charge >= 0.3 is 12.1 Å². The van der Waals surface area contributed by atoms with Gasteiger partial charge in [0, 0.05) is 18.5 Å². The Balaban J connectivity index is 1.14. The van der Waals surface area contributed by atoms with E-state index in [4.69, 9.17) is 9.84 Å². The standard InChI is InChI=1S/C27H25N3O5/c31-24(29-15-18-13-17(25(32)33)9-12-28-18)14-27(10-11-27)30-26(34)35-16-23-21-7-3-1-5-19(21)20-6-2-4-8-22(20)23/h1-9,12-13,23H,10-11,14-16H2,(H,29,31)(H,30,34)(H,32,33). The van der Waals surface area contributed by atoms with Crippen LogP contribution in [-0.2, 0) is 16.1 Å². The van der Waals surface area contributed by atoms with Gasteiger partial charge in [0.1, 0.15) is 6.61 Å². The van der Waals surface area contributed by atoms with Crippen molar-refractivity contribution in [1.29, 1.82) is 0 Å². The number of carboxylic acids is 1. The van der Waals surface area contributed by atoms with Crippen LogP contribution in [0.5, 0.6) is 0 Å². The number of carboxylic acid groups (broad SMARTS) is 1. The first kappa shape index (κ1) is 22.6. The highest BCUT2D eigenvalue weighted by molar-refractivity contribution is 5.87. The van der Waals surface area contributed by atoms with Crippen LogP contribution in [0, 0.1) is 0 Å². The zero-order valence-electron chi connectivity index (χ0n) is 19.0. The fourth-order valence-corrected chi connectivity index (χ4v) is 4.61. The van der Waals surface area contributed by atoms with Crippen molar-refractivity contribution >= 4 is 18.0 Å². The van der Waals surface area contributed by atoms with Crippen LogP contribution in [0.15, 0.2) is 66.9 Å². The van der Waals surface area contributed by atoms with Gasteiger partial charge in [-0.3, -0.25) is 9.78 Å². The van der Waals surface area contributed by atoms with Crippen molar-refractivity contribution in [3.05, 3.63) is 89.2 Å². The Morgan fingerprint density at radius 1 is 1.00 bits per heavy atom. The molecule has 0 bridgehead atoms. The lowest BCUT2D eigenvalue weighted by Gasteiger charge is -2.19. The number of rotatable bonds is 8. The zero-order valence-corrected chi connectivity index (χ0v) is 19.0. The van der Waals surface area contributed by atoms with Crippen molar-refractivity contribution in [2.45, 2.75) is 37.3 Å². The van der Waals surface area contributed by atoms with Gasteiger partial charge in [0.2, 0.25) is 5.91 Å². The number of aromatic nitrogens is 1. The monoisotopic (exact) mass is 471 g/mol. The van der Waals surface area contributed by atoms with Crippen LogP contribution in [0.1, 0.15) is 52.4 Å². The summed E-state index contributed by atoms with van der Waals surface area (Å²) in [5.74, 6) is -1.33. The van der Waals surface area contributed by atoms with Crippen LogP contribution in [-0.4, -0.2) is 40.2 Å². The number of carbonyl (C=O) groups is 3. The summed E-state index contributed by atoms with van der Waals surface area (Å²) in [6.07, 6.45) is 2.37. The van der Waals surface area contributed by atoms with Crippen molar-refractivity contribution in [3.63, 3.8) is 0 Å². The molecule has 1 heterocycles. The number of ether oxygens (including phenoxy) is 1. The molecule has 1 fully saturated rings. The number of hydrogen-bond donors (Lipinski definition) is 3. The Morgan fingerprint density at radius 3 is 2.29 bits per heavy atom. The molecule has 2 aliphatic rings. The number of nitrogens with one attached hydrogen (secondary N) is 2. The second-order valence-electron chi connectivity index (χ2n) is 9.03. The summed E-state index contributed by atoms with van der Waals surface area (Å²) in [6, 6.07) is 19.1. The maximum Gasteiger partial charge on any atom is 0.407 e. The summed E-state index contributed by atoms with van der Waals surface area (Å²) in [6.45, 7) is 0.328. The van der Waals surface area contributed by atoms with Crippen molar-refractivity contribution in [3.8, 4) is 11.1 Å². The number of benzene rings is 2. The predicted octanol–water partition coefficient (Wildman–Crippen LogP) is 3.86. The number of amides is 2. The third kappa shape index (κ3) is 4.87. The molecule has 3 aromatic rings. The molecule has 35 heavy (non-hydrogen) atoms. The average molecular weight is 472 g/mol. The second-order valence-corrected chi connectivity index (χ2v) is 9.03. The lowest BCUT2D eigenvalue weighted by atomic mass is 9.98. The van der Waals surface area contributed by atoms with E-state index < -0.39 is 17.6 Å².